The van der Waals surface area contributed by atoms with Crippen LogP contribution in [0.2, 0.25) is 0 Å². The van der Waals surface area contributed by atoms with Crippen LogP contribution in [0.4, 0.5) is 0 Å². The number of methoxy groups -OCH3 is 1. The third-order valence-corrected chi connectivity index (χ3v) is 2.38. The number of aryl methyl sites for hydroxylation is 2. The zero-order chi connectivity index (χ0) is 10.1. The van der Waals surface area contributed by atoms with Gasteiger partial charge >= 0.3 is 0 Å². The molecule has 1 heterocycles. The zero-order valence-corrected chi connectivity index (χ0v) is 8.74. The quantitative estimate of drug-likeness (QED) is 0.725. The van der Waals surface area contributed by atoms with Crippen LogP contribution in [0, 0.1) is 0 Å². The Bertz CT molecular complexity index is 460. The molecule has 0 saturated heterocycles. The summed E-state index contributed by atoms with van der Waals surface area (Å²) in [5.74, 6) is 0.861. The molecule has 0 fully saturated rings. The fourth-order valence-electron chi connectivity index (χ4n) is 1.64. The van der Waals surface area contributed by atoms with Crippen molar-refractivity contribution >= 4 is 10.9 Å². The molecule has 0 spiro atoms. The van der Waals surface area contributed by atoms with Gasteiger partial charge in [0.05, 0.1) is 7.11 Å². The van der Waals surface area contributed by atoms with Crippen molar-refractivity contribution in [3.05, 3.63) is 23.9 Å². The molecule has 0 radical (unpaired) electrons. The third-order valence-electron chi connectivity index (χ3n) is 2.38. The maximum Gasteiger partial charge on any atom is 0.147 e. The maximum atomic E-state index is 5.31. The first-order valence-corrected chi connectivity index (χ1v) is 4.75. The number of ether oxygens (including phenoxy) is 1. The van der Waals surface area contributed by atoms with Gasteiger partial charge in [-0.15, -0.1) is 0 Å². The van der Waals surface area contributed by atoms with Crippen molar-refractivity contribution in [3.63, 3.8) is 0 Å². The maximum absolute atomic E-state index is 5.31. The highest BCUT2D eigenvalue weighted by Gasteiger charge is 2.06. The van der Waals surface area contributed by atoms with E-state index in [4.69, 9.17) is 4.74 Å². The van der Waals surface area contributed by atoms with Crippen LogP contribution >= 0.6 is 0 Å². The minimum absolute atomic E-state index is 0.861. The van der Waals surface area contributed by atoms with Crippen LogP contribution in [-0.2, 0) is 13.5 Å². The molecule has 0 aliphatic heterocycles. The molecule has 0 unspecified atom stereocenters. The summed E-state index contributed by atoms with van der Waals surface area (Å²) in [6.45, 7) is 2.14. The first-order chi connectivity index (χ1) is 6.74. The SMILES string of the molecule is CCc1cc(OC)c2nn(C)cc2c1. The van der Waals surface area contributed by atoms with Crippen molar-refractivity contribution in [2.75, 3.05) is 7.11 Å². The fourth-order valence-corrected chi connectivity index (χ4v) is 1.64. The highest BCUT2D eigenvalue weighted by molar-refractivity contribution is 5.85. The minimum atomic E-state index is 0.861. The van der Waals surface area contributed by atoms with Crippen molar-refractivity contribution in [3.8, 4) is 5.75 Å². The molecule has 3 heteroatoms. The highest BCUT2D eigenvalue weighted by Crippen LogP contribution is 2.26. The molecule has 2 aromatic rings. The van der Waals surface area contributed by atoms with Crippen LogP contribution in [0.25, 0.3) is 10.9 Å². The van der Waals surface area contributed by atoms with E-state index >= 15 is 0 Å². The van der Waals surface area contributed by atoms with Crippen LogP contribution in [0.5, 0.6) is 5.75 Å². The van der Waals surface area contributed by atoms with Crippen LogP contribution in [0.15, 0.2) is 18.3 Å². The van der Waals surface area contributed by atoms with E-state index in [9.17, 15) is 0 Å². The number of hydrogen-bond donors (Lipinski definition) is 0. The number of hydrogen-bond acceptors (Lipinski definition) is 2. The summed E-state index contributed by atoms with van der Waals surface area (Å²) in [7, 11) is 3.61. The monoisotopic (exact) mass is 190 g/mol. The van der Waals surface area contributed by atoms with Crippen molar-refractivity contribution in [1.82, 2.24) is 9.78 Å². The second-order valence-corrected chi connectivity index (χ2v) is 3.39. The van der Waals surface area contributed by atoms with E-state index in [1.807, 2.05) is 17.9 Å². The van der Waals surface area contributed by atoms with Gasteiger partial charge in [0, 0.05) is 18.6 Å². The predicted molar refractivity (Wildman–Crippen MR) is 56.6 cm³/mol. The number of rotatable bonds is 2. The van der Waals surface area contributed by atoms with E-state index in [0.29, 0.717) is 0 Å². The standard InChI is InChI=1S/C11H14N2O/c1-4-8-5-9-7-13(2)12-11(9)10(6-8)14-3/h5-7H,4H2,1-3H3. The number of nitrogens with zero attached hydrogens (tertiary/aromatic N) is 2. The Hall–Kier alpha value is -1.51. The molecule has 0 amide bonds. The Morgan fingerprint density at radius 3 is 2.86 bits per heavy atom. The van der Waals surface area contributed by atoms with Crippen molar-refractivity contribution in [1.29, 1.82) is 0 Å². The molecule has 0 N–H and O–H groups in total. The van der Waals surface area contributed by atoms with Crippen LogP contribution in [0.1, 0.15) is 12.5 Å². The van der Waals surface area contributed by atoms with Gasteiger partial charge in [-0.2, -0.15) is 5.10 Å². The topological polar surface area (TPSA) is 27.1 Å². The molecule has 0 saturated carbocycles. The number of benzene rings is 1. The van der Waals surface area contributed by atoms with Gasteiger partial charge in [0.25, 0.3) is 0 Å². The van der Waals surface area contributed by atoms with Crippen molar-refractivity contribution in [2.45, 2.75) is 13.3 Å². The summed E-state index contributed by atoms with van der Waals surface area (Å²) in [6, 6.07) is 4.21. The highest BCUT2D eigenvalue weighted by atomic mass is 16.5. The Morgan fingerprint density at radius 2 is 2.21 bits per heavy atom. The van der Waals surface area contributed by atoms with Crippen molar-refractivity contribution in [2.24, 2.45) is 7.05 Å². The van der Waals surface area contributed by atoms with E-state index in [0.717, 1.165) is 23.1 Å². The molecular weight excluding hydrogens is 176 g/mol. The average Bonchev–Trinajstić information content (AvgIpc) is 2.56. The summed E-state index contributed by atoms with van der Waals surface area (Å²) in [4.78, 5) is 0. The smallest absolute Gasteiger partial charge is 0.147 e. The number of fused-ring (bicyclic) bond motifs is 1. The Kier molecular flexibility index (Phi) is 2.15. The molecule has 14 heavy (non-hydrogen) atoms. The minimum Gasteiger partial charge on any atom is -0.494 e. The summed E-state index contributed by atoms with van der Waals surface area (Å²) in [5.41, 5.74) is 2.22. The van der Waals surface area contributed by atoms with E-state index in [1.54, 1.807) is 7.11 Å². The molecule has 0 aliphatic rings. The van der Waals surface area contributed by atoms with Gasteiger partial charge in [-0.3, -0.25) is 4.68 Å². The largest absolute Gasteiger partial charge is 0.494 e. The van der Waals surface area contributed by atoms with Gasteiger partial charge in [-0.05, 0) is 24.1 Å². The third kappa shape index (κ3) is 1.35. The van der Waals surface area contributed by atoms with E-state index in [1.165, 1.54) is 5.56 Å². The average molecular weight is 190 g/mol. The molecule has 1 aromatic heterocycles. The first-order valence-electron chi connectivity index (χ1n) is 4.75. The van der Waals surface area contributed by atoms with Gasteiger partial charge in [-0.1, -0.05) is 6.92 Å². The van der Waals surface area contributed by atoms with E-state index in [-0.39, 0.29) is 0 Å². The fraction of sp³-hybridized carbons (Fsp3) is 0.364. The Labute approximate surface area is 83.3 Å². The predicted octanol–water partition coefficient (Wildman–Crippen LogP) is 2.14. The second-order valence-electron chi connectivity index (χ2n) is 3.39. The molecule has 74 valence electrons. The van der Waals surface area contributed by atoms with Gasteiger partial charge in [-0.25, -0.2) is 0 Å². The Morgan fingerprint density at radius 1 is 1.43 bits per heavy atom. The van der Waals surface area contributed by atoms with E-state index in [2.05, 4.69) is 24.2 Å². The molecule has 3 nitrogen and oxygen atoms in total. The zero-order valence-electron chi connectivity index (χ0n) is 8.74. The van der Waals surface area contributed by atoms with Gasteiger partial charge in [0.1, 0.15) is 11.3 Å². The molecule has 0 atom stereocenters. The Balaban J connectivity index is 2.72. The molecule has 1 aromatic carbocycles. The van der Waals surface area contributed by atoms with Crippen LogP contribution < -0.4 is 4.74 Å². The normalized spacial score (nSPS) is 10.8. The number of aromatic nitrogens is 2. The van der Waals surface area contributed by atoms with Crippen LogP contribution in [-0.4, -0.2) is 16.9 Å². The van der Waals surface area contributed by atoms with Gasteiger partial charge < -0.3 is 4.74 Å². The summed E-state index contributed by atoms with van der Waals surface area (Å²) in [5, 5.41) is 5.49. The lowest BCUT2D eigenvalue weighted by Crippen LogP contribution is -1.89. The molecular formula is C11H14N2O. The lowest BCUT2D eigenvalue weighted by Gasteiger charge is -2.03. The summed E-state index contributed by atoms with van der Waals surface area (Å²) < 4.78 is 7.12. The molecule has 0 bridgehead atoms. The molecule has 2 rings (SSSR count). The first kappa shape index (κ1) is 9.06. The lowest BCUT2D eigenvalue weighted by molar-refractivity contribution is 0.418. The molecule has 0 aliphatic carbocycles. The second kappa shape index (κ2) is 3.33. The van der Waals surface area contributed by atoms with Gasteiger partial charge in [0.2, 0.25) is 0 Å². The van der Waals surface area contributed by atoms with E-state index < -0.39 is 0 Å². The summed E-state index contributed by atoms with van der Waals surface area (Å²) in [6.07, 6.45) is 3.03. The van der Waals surface area contributed by atoms with Gasteiger partial charge in [0.15, 0.2) is 0 Å². The van der Waals surface area contributed by atoms with Crippen LogP contribution in [0.3, 0.4) is 0 Å². The summed E-state index contributed by atoms with van der Waals surface area (Å²) >= 11 is 0. The van der Waals surface area contributed by atoms with Crippen molar-refractivity contribution < 1.29 is 4.74 Å². The lowest BCUT2D eigenvalue weighted by atomic mass is 10.1.